The van der Waals surface area contributed by atoms with Crippen LogP contribution in [0, 0.1) is 25.5 Å². The van der Waals surface area contributed by atoms with E-state index < -0.39 is 17.0 Å². The largest absolute Gasteiger partial charge is 0.204 e. The number of halogens is 4. The van der Waals surface area contributed by atoms with Gasteiger partial charge in [-0.25, -0.2) is 8.78 Å². The van der Waals surface area contributed by atoms with Gasteiger partial charge in [-0.3, -0.25) is 0 Å². The van der Waals surface area contributed by atoms with E-state index in [4.69, 9.17) is 23.2 Å². The number of benzene rings is 2. The molecule has 4 heteroatoms. The van der Waals surface area contributed by atoms with Crippen LogP contribution in [-0.2, 0) is 0 Å². The Kier molecular flexibility index (Phi) is 4.12. The standard InChI is InChI=1S/C15H12Cl2F2/c1-8-3-4-10(9(2)5-8)15(17)11-6-13(18)14(19)7-12(11)16/h3-7,15H,1-2H3. The van der Waals surface area contributed by atoms with E-state index >= 15 is 0 Å². The summed E-state index contributed by atoms with van der Waals surface area (Å²) in [5, 5.41) is -0.484. The molecule has 0 aliphatic heterocycles. The number of hydrogen-bond acceptors (Lipinski definition) is 0. The number of alkyl halides is 1. The normalized spacial score (nSPS) is 12.5. The van der Waals surface area contributed by atoms with E-state index in [9.17, 15) is 8.78 Å². The first-order chi connectivity index (χ1) is 8.90. The molecule has 0 aliphatic carbocycles. The lowest BCUT2D eigenvalue weighted by Crippen LogP contribution is -2.00. The number of aryl methyl sites for hydroxylation is 2. The highest BCUT2D eigenvalue weighted by Crippen LogP contribution is 2.36. The Balaban J connectivity index is 2.49. The van der Waals surface area contributed by atoms with Gasteiger partial charge in [0.25, 0.3) is 0 Å². The fourth-order valence-electron chi connectivity index (χ4n) is 2.01. The molecule has 100 valence electrons. The smallest absolute Gasteiger partial charge is 0.160 e. The molecule has 0 aliphatic rings. The quantitative estimate of drug-likeness (QED) is 0.503. The Morgan fingerprint density at radius 2 is 1.58 bits per heavy atom. The van der Waals surface area contributed by atoms with Crippen LogP contribution < -0.4 is 0 Å². The van der Waals surface area contributed by atoms with Gasteiger partial charge in [0.15, 0.2) is 11.6 Å². The molecule has 0 heterocycles. The lowest BCUT2D eigenvalue weighted by Gasteiger charge is -2.15. The average molecular weight is 301 g/mol. The maximum absolute atomic E-state index is 13.3. The molecule has 0 nitrogen and oxygen atoms in total. The first kappa shape index (κ1) is 14.3. The molecule has 0 amide bonds. The predicted molar refractivity (Wildman–Crippen MR) is 75.0 cm³/mol. The van der Waals surface area contributed by atoms with Crippen LogP contribution in [-0.4, -0.2) is 0 Å². The van der Waals surface area contributed by atoms with Crippen LogP contribution in [0.5, 0.6) is 0 Å². The molecule has 2 rings (SSSR count). The molecule has 0 saturated heterocycles. The summed E-state index contributed by atoms with van der Waals surface area (Å²) in [5.74, 6) is -1.92. The lowest BCUT2D eigenvalue weighted by atomic mass is 9.98. The molecule has 0 N–H and O–H groups in total. The van der Waals surface area contributed by atoms with Gasteiger partial charge in [-0.2, -0.15) is 0 Å². The second kappa shape index (κ2) is 5.48. The lowest BCUT2D eigenvalue weighted by molar-refractivity contribution is 0.507. The van der Waals surface area contributed by atoms with Crippen molar-refractivity contribution in [3.05, 3.63) is 69.2 Å². The van der Waals surface area contributed by atoms with Gasteiger partial charge in [0.05, 0.1) is 5.38 Å². The zero-order valence-corrected chi connectivity index (χ0v) is 12.0. The van der Waals surface area contributed by atoms with Gasteiger partial charge in [0.1, 0.15) is 0 Å². The molecule has 0 aromatic heterocycles. The molecule has 2 aromatic carbocycles. The first-order valence-electron chi connectivity index (χ1n) is 5.76. The third-order valence-corrected chi connectivity index (χ3v) is 3.81. The molecule has 2 aromatic rings. The van der Waals surface area contributed by atoms with Gasteiger partial charge in [-0.15, -0.1) is 11.6 Å². The minimum absolute atomic E-state index is 0.124. The highest BCUT2D eigenvalue weighted by molar-refractivity contribution is 6.33. The van der Waals surface area contributed by atoms with Crippen LogP contribution in [0.1, 0.15) is 27.6 Å². The second-order valence-electron chi connectivity index (χ2n) is 4.51. The fraction of sp³-hybridized carbons (Fsp3) is 0.200. The fourth-order valence-corrected chi connectivity index (χ4v) is 2.75. The Morgan fingerprint density at radius 1 is 0.947 bits per heavy atom. The third kappa shape index (κ3) is 2.90. The van der Waals surface area contributed by atoms with Crippen LogP contribution in [0.15, 0.2) is 30.3 Å². The Bertz CT molecular complexity index is 624. The Labute approximate surface area is 121 Å². The van der Waals surface area contributed by atoms with Crippen LogP contribution in [0.3, 0.4) is 0 Å². The third-order valence-electron chi connectivity index (χ3n) is 3.01. The van der Waals surface area contributed by atoms with Crippen molar-refractivity contribution in [1.29, 1.82) is 0 Å². The minimum Gasteiger partial charge on any atom is -0.204 e. The maximum Gasteiger partial charge on any atom is 0.160 e. The maximum atomic E-state index is 13.3. The summed E-state index contributed by atoms with van der Waals surface area (Å²) in [6, 6.07) is 7.78. The van der Waals surface area contributed by atoms with Crippen molar-refractivity contribution in [2.24, 2.45) is 0 Å². The second-order valence-corrected chi connectivity index (χ2v) is 5.35. The van der Waals surface area contributed by atoms with E-state index in [2.05, 4.69) is 0 Å². The van der Waals surface area contributed by atoms with E-state index in [1.165, 1.54) is 0 Å². The number of rotatable bonds is 2. The highest BCUT2D eigenvalue weighted by atomic mass is 35.5. The summed E-state index contributed by atoms with van der Waals surface area (Å²) in [6.45, 7) is 3.90. The van der Waals surface area contributed by atoms with Gasteiger partial charge < -0.3 is 0 Å². The molecule has 19 heavy (non-hydrogen) atoms. The Morgan fingerprint density at radius 3 is 2.21 bits per heavy atom. The first-order valence-corrected chi connectivity index (χ1v) is 6.57. The van der Waals surface area contributed by atoms with E-state index in [1.807, 2.05) is 32.0 Å². The monoisotopic (exact) mass is 300 g/mol. The van der Waals surface area contributed by atoms with Crippen molar-refractivity contribution in [3.8, 4) is 0 Å². The minimum atomic E-state index is -0.974. The van der Waals surface area contributed by atoms with Gasteiger partial charge in [-0.1, -0.05) is 35.4 Å². The van der Waals surface area contributed by atoms with Crippen molar-refractivity contribution in [1.82, 2.24) is 0 Å². The van der Waals surface area contributed by atoms with Gasteiger partial charge in [-0.05, 0) is 42.7 Å². The van der Waals surface area contributed by atoms with Crippen molar-refractivity contribution >= 4 is 23.2 Å². The molecule has 0 spiro atoms. The SMILES string of the molecule is Cc1ccc(C(Cl)c2cc(F)c(F)cc2Cl)c(C)c1. The summed E-state index contributed by atoms with van der Waals surface area (Å²) in [7, 11) is 0. The summed E-state index contributed by atoms with van der Waals surface area (Å²) < 4.78 is 26.4. The van der Waals surface area contributed by atoms with E-state index in [0.29, 0.717) is 5.56 Å². The van der Waals surface area contributed by atoms with Crippen molar-refractivity contribution < 1.29 is 8.78 Å². The number of hydrogen-bond donors (Lipinski definition) is 0. The molecule has 0 radical (unpaired) electrons. The molecule has 0 fully saturated rings. The van der Waals surface area contributed by atoms with Crippen LogP contribution in [0.2, 0.25) is 5.02 Å². The van der Waals surface area contributed by atoms with E-state index in [0.717, 1.165) is 28.8 Å². The molecule has 0 saturated carbocycles. The van der Waals surface area contributed by atoms with Crippen molar-refractivity contribution in [3.63, 3.8) is 0 Å². The molecule has 1 atom stereocenters. The zero-order chi connectivity index (χ0) is 14.2. The van der Waals surface area contributed by atoms with Gasteiger partial charge in [0, 0.05) is 5.02 Å². The van der Waals surface area contributed by atoms with Crippen LogP contribution in [0.4, 0.5) is 8.78 Å². The van der Waals surface area contributed by atoms with E-state index in [1.54, 1.807) is 0 Å². The Hall–Kier alpha value is -1.12. The van der Waals surface area contributed by atoms with Crippen molar-refractivity contribution in [2.75, 3.05) is 0 Å². The average Bonchev–Trinajstić information content (AvgIpc) is 2.33. The zero-order valence-electron chi connectivity index (χ0n) is 10.5. The summed E-state index contributed by atoms with van der Waals surface area (Å²) in [5.41, 5.74) is 3.30. The molecule has 1 unspecified atom stereocenters. The van der Waals surface area contributed by atoms with Gasteiger partial charge in [0.2, 0.25) is 0 Å². The molecular weight excluding hydrogens is 289 g/mol. The van der Waals surface area contributed by atoms with Gasteiger partial charge >= 0.3 is 0 Å². The molecule has 0 bridgehead atoms. The van der Waals surface area contributed by atoms with E-state index in [-0.39, 0.29) is 5.02 Å². The summed E-state index contributed by atoms with van der Waals surface area (Å²) >= 11 is 12.3. The topological polar surface area (TPSA) is 0 Å². The summed E-state index contributed by atoms with van der Waals surface area (Å²) in [6.07, 6.45) is 0. The predicted octanol–water partition coefficient (Wildman–Crippen LogP) is 5.56. The van der Waals surface area contributed by atoms with Crippen LogP contribution >= 0.6 is 23.2 Å². The molecular formula is C15H12Cl2F2. The van der Waals surface area contributed by atoms with Crippen molar-refractivity contribution in [2.45, 2.75) is 19.2 Å². The highest BCUT2D eigenvalue weighted by Gasteiger charge is 2.19. The summed E-state index contributed by atoms with van der Waals surface area (Å²) in [4.78, 5) is 0. The van der Waals surface area contributed by atoms with Crippen LogP contribution in [0.25, 0.3) is 0 Å².